The van der Waals surface area contributed by atoms with Crippen molar-refractivity contribution in [3.63, 3.8) is 0 Å². The van der Waals surface area contributed by atoms with Gasteiger partial charge in [0.15, 0.2) is 5.78 Å². The highest BCUT2D eigenvalue weighted by atomic mass is 79.9. The highest BCUT2D eigenvalue weighted by Crippen LogP contribution is 2.35. The second kappa shape index (κ2) is 6.91. The number of hydrogen-bond acceptors (Lipinski definition) is 5. The number of carbonyl (C=O) groups is 2. The van der Waals surface area contributed by atoms with Crippen molar-refractivity contribution in [2.75, 3.05) is 25.0 Å². The van der Waals surface area contributed by atoms with Crippen molar-refractivity contribution in [1.82, 2.24) is 4.90 Å². The molecule has 0 aromatic carbocycles. The maximum Gasteiger partial charge on any atom is 0.410 e. The minimum Gasteiger partial charge on any atom is -0.444 e. The largest absolute Gasteiger partial charge is 0.444 e. The summed E-state index contributed by atoms with van der Waals surface area (Å²) < 4.78 is 11.4. The molecular formula is C16H22BrNO4S. The van der Waals surface area contributed by atoms with Crippen LogP contribution in [0.1, 0.15) is 42.2 Å². The smallest absolute Gasteiger partial charge is 0.410 e. The number of hydrogen-bond donors (Lipinski definition) is 0. The molecule has 1 aliphatic rings. The molecule has 1 amide bonds. The molecule has 2 heterocycles. The standard InChI is InChI=1S/C16H22BrNO4S/c1-15(2,3)22-14(20)18-7-8-21-16(4,10-18)13-6-5-12(23-13)11(19)9-17/h5-6H,7-10H2,1-4H3/t16-/m1/s1. The van der Waals surface area contributed by atoms with Crippen molar-refractivity contribution in [3.8, 4) is 0 Å². The number of morpholine rings is 1. The minimum absolute atomic E-state index is 0.0460. The van der Waals surface area contributed by atoms with E-state index >= 15 is 0 Å². The van der Waals surface area contributed by atoms with E-state index in [-0.39, 0.29) is 11.9 Å². The van der Waals surface area contributed by atoms with Crippen LogP contribution < -0.4 is 0 Å². The molecule has 7 heteroatoms. The summed E-state index contributed by atoms with van der Waals surface area (Å²) in [4.78, 5) is 27.4. The van der Waals surface area contributed by atoms with Crippen LogP contribution in [-0.4, -0.2) is 47.4 Å². The Balaban J connectivity index is 2.14. The van der Waals surface area contributed by atoms with Crippen LogP contribution in [0.2, 0.25) is 0 Å². The molecule has 5 nitrogen and oxygen atoms in total. The van der Waals surface area contributed by atoms with Crippen LogP contribution in [0, 0.1) is 0 Å². The van der Waals surface area contributed by atoms with Crippen molar-refractivity contribution in [3.05, 3.63) is 21.9 Å². The Morgan fingerprint density at radius 2 is 2.13 bits per heavy atom. The van der Waals surface area contributed by atoms with Gasteiger partial charge in [-0.1, -0.05) is 15.9 Å². The van der Waals surface area contributed by atoms with Gasteiger partial charge in [-0.2, -0.15) is 0 Å². The van der Waals surface area contributed by atoms with Gasteiger partial charge in [0.05, 0.1) is 23.4 Å². The lowest BCUT2D eigenvalue weighted by molar-refractivity contribution is -0.101. The number of halogens is 1. The van der Waals surface area contributed by atoms with Gasteiger partial charge in [-0.25, -0.2) is 4.79 Å². The van der Waals surface area contributed by atoms with Crippen molar-refractivity contribution in [1.29, 1.82) is 0 Å². The number of carbonyl (C=O) groups excluding carboxylic acids is 2. The molecule has 1 atom stereocenters. The molecule has 0 unspecified atom stereocenters. The van der Waals surface area contributed by atoms with Crippen LogP contribution >= 0.6 is 27.3 Å². The van der Waals surface area contributed by atoms with E-state index in [4.69, 9.17) is 9.47 Å². The van der Waals surface area contributed by atoms with Gasteiger partial charge in [-0.05, 0) is 39.8 Å². The maximum absolute atomic E-state index is 12.3. The molecule has 1 fully saturated rings. The van der Waals surface area contributed by atoms with E-state index in [2.05, 4.69) is 15.9 Å². The lowest BCUT2D eigenvalue weighted by atomic mass is 10.0. The summed E-state index contributed by atoms with van der Waals surface area (Å²) in [7, 11) is 0. The normalized spacial score (nSPS) is 22.0. The minimum atomic E-state index is -0.620. The van der Waals surface area contributed by atoms with Crippen LogP contribution in [0.15, 0.2) is 12.1 Å². The van der Waals surface area contributed by atoms with E-state index in [1.165, 1.54) is 11.3 Å². The van der Waals surface area contributed by atoms with Gasteiger partial charge in [0.25, 0.3) is 0 Å². The molecule has 0 saturated carbocycles. The van der Waals surface area contributed by atoms with Gasteiger partial charge in [0, 0.05) is 11.4 Å². The average molecular weight is 404 g/mol. The second-order valence-electron chi connectivity index (χ2n) is 6.70. The molecule has 1 aromatic heterocycles. The fourth-order valence-corrected chi connectivity index (χ4v) is 3.86. The zero-order valence-corrected chi connectivity index (χ0v) is 16.3. The average Bonchev–Trinajstić information content (AvgIpc) is 2.95. The Morgan fingerprint density at radius 1 is 1.43 bits per heavy atom. The summed E-state index contributed by atoms with van der Waals surface area (Å²) in [6, 6.07) is 3.71. The third kappa shape index (κ3) is 4.55. The van der Waals surface area contributed by atoms with E-state index < -0.39 is 11.2 Å². The molecule has 0 bridgehead atoms. The van der Waals surface area contributed by atoms with Gasteiger partial charge in [0.2, 0.25) is 0 Å². The summed E-state index contributed by atoms with van der Waals surface area (Å²) in [5.41, 5.74) is -1.14. The predicted octanol–water partition coefficient (Wildman–Crippen LogP) is 3.81. The monoisotopic (exact) mass is 403 g/mol. The molecule has 0 spiro atoms. The van der Waals surface area contributed by atoms with E-state index in [9.17, 15) is 9.59 Å². The molecule has 128 valence electrons. The third-order valence-electron chi connectivity index (χ3n) is 3.45. The van der Waals surface area contributed by atoms with Crippen molar-refractivity contribution >= 4 is 39.1 Å². The topological polar surface area (TPSA) is 55.8 Å². The SMILES string of the molecule is CC(C)(C)OC(=O)N1CCO[C@@](C)(c2ccc(C(=O)CBr)s2)C1. The fourth-order valence-electron chi connectivity index (χ4n) is 2.34. The quantitative estimate of drug-likeness (QED) is 0.568. The van der Waals surface area contributed by atoms with Crippen LogP contribution in [0.3, 0.4) is 0 Å². The number of alkyl halides is 1. The highest BCUT2D eigenvalue weighted by molar-refractivity contribution is 9.09. The zero-order valence-electron chi connectivity index (χ0n) is 13.8. The second-order valence-corrected chi connectivity index (χ2v) is 8.35. The molecule has 1 saturated heterocycles. The fraction of sp³-hybridized carbons (Fsp3) is 0.625. The lowest BCUT2D eigenvalue weighted by Gasteiger charge is -2.40. The summed E-state index contributed by atoms with van der Waals surface area (Å²) in [5.74, 6) is 0.0460. The Hall–Kier alpha value is -0.920. The molecule has 1 aromatic rings. The van der Waals surface area contributed by atoms with Gasteiger partial charge in [-0.3, -0.25) is 4.79 Å². The zero-order chi connectivity index (χ0) is 17.3. The van der Waals surface area contributed by atoms with E-state index in [0.717, 1.165) is 4.88 Å². The van der Waals surface area contributed by atoms with Crippen molar-refractivity contribution in [2.24, 2.45) is 0 Å². The summed E-state index contributed by atoms with van der Waals surface area (Å²) in [6.45, 7) is 8.84. The first kappa shape index (κ1) is 18.4. The van der Waals surface area contributed by atoms with E-state index in [0.29, 0.717) is 29.9 Å². The van der Waals surface area contributed by atoms with Crippen LogP contribution in [0.5, 0.6) is 0 Å². The highest BCUT2D eigenvalue weighted by Gasteiger charge is 2.38. The van der Waals surface area contributed by atoms with Crippen molar-refractivity contribution < 1.29 is 19.1 Å². The van der Waals surface area contributed by atoms with Crippen LogP contribution in [0.25, 0.3) is 0 Å². The molecule has 2 rings (SSSR count). The molecular weight excluding hydrogens is 382 g/mol. The van der Waals surface area contributed by atoms with E-state index in [1.54, 1.807) is 4.90 Å². The van der Waals surface area contributed by atoms with E-state index in [1.807, 2.05) is 39.8 Å². The Kier molecular flexibility index (Phi) is 5.53. The molecule has 23 heavy (non-hydrogen) atoms. The number of Topliss-reactive ketones (excluding diaryl/α,β-unsaturated/α-hetero) is 1. The maximum atomic E-state index is 12.3. The first-order chi connectivity index (χ1) is 10.6. The molecule has 1 aliphatic heterocycles. The van der Waals surface area contributed by atoms with Crippen molar-refractivity contribution in [2.45, 2.75) is 38.9 Å². The first-order valence-corrected chi connectivity index (χ1v) is 9.40. The Morgan fingerprint density at radius 3 is 2.74 bits per heavy atom. The number of ether oxygens (including phenoxy) is 2. The van der Waals surface area contributed by atoms with Gasteiger partial charge < -0.3 is 14.4 Å². The Bertz CT molecular complexity index is 595. The van der Waals surface area contributed by atoms with Crippen LogP contribution in [-0.2, 0) is 15.1 Å². The predicted molar refractivity (Wildman–Crippen MR) is 93.6 cm³/mol. The molecule has 0 aliphatic carbocycles. The van der Waals surface area contributed by atoms with Gasteiger partial charge in [-0.15, -0.1) is 11.3 Å². The third-order valence-corrected chi connectivity index (χ3v) is 5.33. The first-order valence-electron chi connectivity index (χ1n) is 7.46. The number of ketones is 1. The van der Waals surface area contributed by atoms with Gasteiger partial charge in [0.1, 0.15) is 11.2 Å². The number of nitrogens with zero attached hydrogens (tertiary/aromatic N) is 1. The summed E-state index contributed by atoms with van der Waals surface area (Å²) >= 11 is 4.60. The molecule has 0 N–H and O–H groups in total. The number of thiophene rings is 1. The van der Waals surface area contributed by atoms with Crippen LogP contribution in [0.4, 0.5) is 4.79 Å². The molecule has 0 radical (unpaired) electrons. The Labute approximate surface area is 149 Å². The number of rotatable bonds is 3. The summed E-state index contributed by atoms with van der Waals surface area (Å²) in [5, 5.41) is 0.300. The number of amides is 1. The lowest BCUT2D eigenvalue weighted by Crippen LogP contribution is -2.51. The summed E-state index contributed by atoms with van der Waals surface area (Å²) in [6.07, 6.45) is -0.333. The van der Waals surface area contributed by atoms with Gasteiger partial charge >= 0.3 is 6.09 Å².